The molecule has 1 aliphatic heterocycles. The van der Waals surface area contributed by atoms with Crippen molar-refractivity contribution < 1.29 is 9.53 Å². The number of likely N-dealkylation sites (tertiary alicyclic amines) is 1. The van der Waals surface area contributed by atoms with Gasteiger partial charge in [-0.1, -0.05) is 33.6 Å². The largest absolute Gasteiger partial charge is 0.444 e. The van der Waals surface area contributed by atoms with Crippen LogP contribution in [0.25, 0.3) is 0 Å². The molecule has 1 N–H and O–H groups in total. The van der Waals surface area contributed by atoms with Gasteiger partial charge in [0.25, 0.3) is 0 Å². The molecule has 0 aromatic heterocycles. The molecule has 22 heavy (non-hydrogen) atoms. The molecule has 2 rings (SSSR count). The van der Waals surface area contributed by atoms with E-state index in [9.17, 15) is 4.79 Å². The van der Waals surface area contributed by atoms with Crippen LogP contribution in [0.5, 0.6) is 0 Å². The fraction of sp³-hybridized carbons (Fsp3) is 0.562. The van der Waals surface area contributed by atoms with E-state index in [2.05, 4.69) is 26.1 Å². The monoisotopic (exact) mass is 388 g/mol. The summed E-state index contributed by atoms with van der Waals surface area (Å²) in [5, 5.41) is 3.66. The van der Waals surface area contributed by atoms with E-state index in [1.807, 2.05) is 39.0 Å². The van der Waals surface area contributed by atoms with E-state index in [-0.39, 0.29) is 12.1 Å². The van der Waals surface area contributed by atoms with E-state index in [0.29, 0.717) is 0 Å². The van der Waals surface area contributed by atoms with Gasteiger partial charge in [0.05, 0.1) is 0 Å². The molecule has 0 unspecified atom stereocenters. The second kappa shape index (κ2) is 7.20. The minimum atomic E-state index is -0.462. The van der Waals surface area contributed by atoms with E-state index >= 15 is 0 Å². The van der Waals surface area contributed by atoms with E-state index in [4.69, 9.17) is 16.3 Å². The summed E-state index contributed by atoms with van der Waals surface area (Å²) >= 11 is 9.50. The first-order valence-corrected chi connectivity index (χ1v) is 8.56. The van der Waals surface area contributed by atoms with Gasteiger partial charge in [0, 0.05) is 35.2 Å². The summed E-state index contributed by atoms with van der Waals surface area (Å²) in [6, 6.07) is 5.97. The van der Waals surface area contributed by atoms with Crippen LogP contribution in [-0.4, -0.2) is 35.7 Å². The normalized spacial score (nSPS) is 19.2. The minimum absolute atomic E-state index is 0.140. The number of halogens is 2. The maximum absolute atomic E-state index is 11.8. The molecule has 0 spiro atoms. The Kier molecular flexibility index (Phi) is 5.75. The van der Waals surface area contributed by atoms with Gasteiger partial charge in [0.15, 0.2) is 0 Å². The number of ether oxygens (including phenoxy) is 1. The first-order chi connectivity index (χ1) is 10.2. The Morgan fingerprint density at radius 1 is 1.50 bits per heavy atom. The first-order valence-electron chi connectivity index (χ1n) is 7.39. The van der Waals surface area contributed by atoms with Crippen LogP contribution in [0.4, 0.5) is 4.79 Å². The lowest BCUT2D eigenvalue weighted by Crippen LogP contribution is -2.40. The molecule has 4 nitrogen and oxygen atoms in total. The number of nitrogens with zero attached hydrogens (tertiary/aromatic N) is 1. The number of nitrogens with one attached hydrogen (secondary N) is 1. The predicted molar refractivity (Wildman–Crippen MR) is 92.2 cm³/mol. The number of hydrogen-bond acceptors (Lipinski definition) is 3. The summed E-state index contributed by atoms with van der Waals surface area (Å²) in [7, 11) is 0. The highest BCUT2D eigenvalue weighted by atomic mass is 79.9. The van der Waals surface area contributed by atoms with Crippen molar-refractivity contribution in [1.29, 1.82) is 0 Å². The number of rotatable bonds is 3. The zero-order chi connectivity index (χ0) is 16.3. The lowest BCUT2D eigenvalue weighted by Gasteiger charge is -2.22. The Bertz CT molecular complexity index is 545. The highest BCUT2D eigenvalue weighted by Gasteiger charge is 2.26. The van der Waals surface area contributed by atoms with E-state index in [1.165, 1.54) is 5.56 Å². The number of carbonyl (C=O) groups is 1. The van der Waals surface area contributed by atoms with Crippen molar-refractivity contribution in [3.63, 3.8) is 0 Å². The van der Waals surface area contributed by atoms with Gasteiger partial charge in [-0.05, 0) is 44.9 Å². The summed E-state index contributed by atoms with van der Waals surface area (Å²) in [6.45, 7) is 8.22. The average molecular weight is 390 g/mol. The Morgan fingerprint density at radius 3 is 2.86 bits per heavy atom. The summed E-state index contributed by atoms with van der Waals surface area (Å²) in [5.74, 6) is 0. The molecular formula is C16H22BrClN2O2. The third kappa shape index (κ3) is 5.45. The lowest BCUT2D eigenvalue weighted by molar-refractivity contribution is 0.0506. The van der Waals surface area contributed by atoms with Gasteiger partial charge in [-0.25, -0.2) is 4.79 Å². The van der Waals surface area contributed by atoms with E-state index in [1.54, 1.807) is 0 Å². The zero-order valence-corrected chi connectivity index (χ0v) is 15.5. The first kappa shape index (κ1) is 17.6. The molecule has 1 aliphatic rings. The summed E-state index contributed by atoms with van der Waals surface area (Å²) in [6.07, 6.45) is 0.594. The van der Waals surface area contributed by atoms with Crippen LogP contribution >= 0.6 is 27.5 Å². The summed E-state index contributed by atoms with van der Waals surface area (Å²) < 4.78 is 6.31. The van der Waals surface area contributed by atoms with Gasteiger partial charge in [-0.3, -0.25) is 4.90 Å². The topological polar surface area (TPSA) is 41.6 Å². The Hall–Kier alpha value is -0.780. The lowest BCUT2D eigenvalue weighted by atomic mass is 10.2. The minimum Gasteiger partial charge on any atom is -0.444 e. The SMILES string of the molecule is CC(C)(C)OC(=O)N[C@@H]1CCN(Cc2ccc(Cl)cc2Br)C1. The molecule has 1 aromatic carbocycles. The fourth-order valence-corrected chi connectivity index (χ4v) is 3.27. The average Bonchev–Trinajstić information content (AvgIpc) is 2.77. The van der Waals surface area contributed by atoms with Crippen LogP contribution in [-0.2, 0) is 11.3 Å². The molecule has 1 saturated heterocycles. The molecule has 0 aliphatic carbocycles. The highest BCUT2D eigenvalue weighted by Crippen LogP contribution is 2.24. The number of carbonyl (C=O) groups excluding carboxylic acids is 1. The quantitative estimate of drug-likeness (QED) is 0.842. The van der Waals surface area contributed by atoms with Crippen LogP contribution in [0.15, 0.2) is 22.7 Å². The third-order valence-corrected chi connectivity index (χ3v) is 4.38. The molecule has 122 valence electrons. The summed E-state index contributed by atoms with van der Waals surface area (Å²) in [4.78, 5) is 14.1. The molecule has 1 fully saturated rings. The van der Waals surface area contributed by atoms with Crippen molar-refractivity contribution in [2.45, 2.75) is 45.4 Å². The van der Waals surface area contributed by atoms with Crippen molar-refractivity contribution >= 4 is 33.6 Å². The Morgan fingerprint density at radius 2 is 2.23 bits per heavy atom. The van der Waals surface area contributed by atoms with Gasteiger partial charge in [-0.2, -0.15) is 0 Å². The van der Waals surface area contributed by atoms with Gasteiger partial charge >= 0.3 is 6.09 Å². The Labute approximate surface area is 145 Å². The Balaban J connectivity index is 1.84. The molecule has 0 saturated carbocycles. The number of amides is 1. The van der Waals surface area contributed by atoms with Gasteiger partial charge < -0.3 is 10.1 Å². The molecule has 1 aromatic rings. The molecule has 6 heteroatoms. The molecule has 1 amide bonds. The van der Waals surface area contributed by atoms with E-state index < -0.39 is 5.60 Å². The molecular weight excluding hydrogens is 368 g/mol. The second-order valence-corrected chi connectivity index (χ2v) is 7.89. The molecule has 0 bridgehead atoms. The van der Waals surface area contributed by atoms with Crippen molar-refractivity contribution in [3.05, 3.63) is 33.3 Å². The second-order valence-electron chi connectivity index (χ2n) is 6.60. The summed E-state index contributed by atoms with van der Waals surface area (Å²) in [5.41, 5.74) is 0.735. The van der Waals surface area contributed by atoms with Crippen molar-refractivity contribution in [2.24, 2.45) is 0 Å². The smallest absolute Gasteiger partial charge is 0.407 e. The van der Waals surface area contributed by atoms with Crippen molar-refractivity contribution in [2.75, 3.05) is 13.1 Å². The standard InChI is InChI=1S/C16H22BrClN2O2/c1-16(2,3)22-15(21)19-13-6-7-20(10-13)9-11-4-5-12(18)8-14(11)17/h4-5,8,13H,6-7,9-10H2,1-3H3,(H,19,21)/t13-/m1/s1. The molecule has 0 radical (unpaired) electrons. The fourth-order valence-electron chi connectivity index (χ4n) is 2.46. The third-order valence-electron chi connectivity index (χ3n) is 3.40. The number of hydrogen-bond donors (Lipinski definition) is 1. The maximum Gasteiger partial charge on any atom is 0.407 e. The van der Waals surface area contributed by atoms with Crippen molar-refractivity contribution in [3.8, 4) is 0 Å². The van der Waals surface area contributed by atoms with Gasteiger partial charge in [-0.15, -0.1) is 0 Å². The highest BCUT2D eigenvalue weighted by molar-refractivity contribution is 9.10. The van der Waals surface area contributed by atoms with Gasteiger partial charge in [0.1, 0.15) is 5.60 Å². The number of alkyl carbamates (subject to hydrolysis) is 1. The molecule has 1 heterocycles. The van der Waals surface area contributed by atoms with Crippen LogP contribution in [0, 0.1) is 0 Å². The predicted octanol–water partition coefficient (Wildman–Crippen LogP) is 4.20. The zero-order valence-electron chi connectivity index (χ0n) is 13.2. The van der Waals surface area contributed by atoms with Crippen LogP contribution in [0.1, 0.15) is 32.8 Å². The van der Waals surface area contributed by atoms with E-state index in [0.717, 1.165) is 35.6 Å². The van der Waals surface area contributed by atoms with Crippen LogP contribution < -0.4 is 5.32 Å². The van der Waals surface area contributed by atoms with Crippen LogP contribution in [0.2, 0.25) is 5.02 Å². The molecule has 1 atom stereocenters. The van der Waals surface area contributed by atoms with Gasteiger partial charge in [0.2, 0.25) is 0 Å². The van der Waals surface area contributed by atoms with Crippen LogP contribution in [0.3, 0.4) is 0 Å². The number of benzene rings is 1. The van der Waals surface area contributed by atoms with Crippen molar-refractivity contribution in [1.82, 2.24) is 10.2 Å². The maximum atomic E-state index is 11.8.